The van der Waals surface area contributed by atoms with Crippen molar-refractivity contribution in [1.29, 1.82) is 0 Å². The van der Waals surface area contributed by atoms with Gasteiger partial charge in [0, 0.05) is 0 Å². The molecule has 2 saturated heterocycles. The molecule has 0 aromatic rings. The van der Waals surface area contributed by atoms with Crippen LogP contribution in [0.5, 0.6) is 0 Å². The molecule has 0 aromatic heterocycles. The summed E-state index contributed by atoms with van der Waals surface area (Å²) < 4.78 is 5.38. The maximum Gasteiger partial charge on any atom is 0.232 e. The monoisotopic (exact) mass is 183 g/mol. The minimum atomic E-state index is -0.319. The zero-order chi connectivity index (χ0) is 9.59. The first-order chi connectivity index (χ1) is 6.16. The highest BCUT2D eigenvalue weighted by atomic mass is 16.5. The average molecular weight is 183 g/mol. The average Bonchev–Trinajstić information content (AvgIpc) is 2.45. The summed E-state index contributed by atoms with van der Waals surface area (Å²) in [6.45, 7) is 3.84. The Labute approximate surface area is 76.8 Å². The van der Waals surface area contributed by atoms with E-state index < -0.39 is 0 Å². The van der Waals surface area contributed by atoms with Crippen molar-refractivity contribution >= 4 is 11.7 Å². The lowest BCUT2D eigenvalue weighted by Crippen LogP contribution is -2.61. The maximum atomic E-state index is 11.5. The molecule has 4 nitrogen and oxygen atoms in total. The van der Waals surface area contributed by atoms with Gasteiger partial charge < -0.3 is 9.64 Å². The number of β-lactam (4-membered cyclic amide) rings is 1. The van der Waals surface area contributed by atoms with Gasteiger partial charge in [-0.15, -0.1) is 0 Å². The quantitative estimate of drug-likeness (QED) is 0.573. The summed E-state index contributed by atoms with van der Waals surface area (Å²) in [5, 5.41) is 0. The second-order valence-corrected chi connectivity index (χ2v) is 3.61. The number of carbonyl (C=O) groups is 2. The lowest BCUT2D eigenvalue weighted by molar-refractivity contribution is -0.174. The molecule has 0 aliphatic carbocycles. The van der Waals surface area contributed by atoms with Gasteiger partial charge in [-0.05, 0) is 13.3 Å². The number of amides is 1. The number of hydrogen-bond acceptors (Lipinski definition) is 3. The smallest absolute Gasteiger partial charge is 0.232 e. The fourth-order valence-electron chi connectivity index (χ4n) is 2.04. The standard InChI is InChI=1S/C9H13NO3/c1-3-6-8(12)10-7(5(2)11)4-13-9(6)10/h6-7,9H,3-4H2,1-2H3. The van der Waals surface area contributed by atoms with E-state index in [1.807, 2.05) is 6.92 Å². The Morgan fingerprint density at radius 3 is 2.92 bits per heavy atom. The van der Waals surface area contributed by atoms with Crippen LogP contribution in [0.1, 0.15) is 20.3 Å². The largest absolute Gasteiger partial charge is 0.355 e. The number of fused-ring (bicyclic) bond motifs is 1. The van der Waals surface area contributed by atoms with Gasteiger partial charge in [0.15, 0.2) is 5.78 Å². The van der Waals surface area contributed by atoms with Crippen molar-refractivity contribution in [3.05, 3.63) is 0 Å². The van der Waals surface area contributed by atoms with E-state index in [1.165, 1.54) is 6.92 Å². The van der Waals surface area contributed by atoms with Crippen molar-refractivity contribution in [2.24, 2.45) is 5.92 Å². The molecule has 72 valence electrons. The summed E-state index contributed by atoms with van der Waals surface area (Å²) in [4.78, 5) is 24.2. The van der Waals surface area contributed by atoms with Gasteiger partial charge in [0.25, 0.3) is 0 Å². The van der Waals surface area contributed by atoms with Gasteiger partial charge in [-0.1, -0.05) is 6.92 Å². The van der Waals surface area contributed by atoms with Gasteiger partial charge in [-0.25, -0.2) is 0 Å². The zero-order valence-corrected chi connectivity index (χ0v) is 7.82. The third-order valence-corrected chi connectivity index (χ3v) is 2.86. The van der Waals surface area contributed by atoms with Crippen LogP contribution in [0.3, 0.4) is 0 Å². The number of nitrogens with zero attached hydrogens (tertiary/aromatic N) is 1. The van der Waals surface area contributed by atoms with Gasteiger partial charge in [-0.3, -0.25) is 9.59 Å². The summed E-state index contributed by atoms with van der Waals surface area (Å²) in [6.07, 6.45) is 0.677. The van der Waals surface area contributed by atoms with Crippen molar-refractivity contribution < 1.29 is 14.3 Å². The third kappa shape index (κ3) is 1.01. The lowest BCUT2D eigenvalue weighted by Gasteiger charge is -2.42. The van der Waals surface area contributed by atoms with Crippen LogP contribution in [-0.4, -0.2) is 35.5 Å². The first kappa shape index (κ1) is 8.69. The van der Waals surface area contributed by atoms with Crippen LogP contribution in [0.4, 0.5) is 0 Å². The van der Waals surface area contributed by atoms with E-state index in [1.54, 1.807) is 4.90 Å². The molecule has 2 rings (SSSR count). The van der Waals surface area contributed by atoms with Crippen LogP contribution in [0.2, 0.25) is 0 Å². The number of ether oxygens (including phenoxy) is 1. The van der Waals surface area contributed by atoms with Gasteiger partial charge in [0.2, 0.25) is 5.91 Å². The summed E-state index contributed by atoms with van der Waals surface area (Å²) in [7, 11) is 0. The molecule has 2 aliphatic rings. The molecule has 0 aromatic carbocycles. The molecule has 0 spiro atoms. The molecular formula is C9H13NO3. The van der Waals surface area contributed by atoms with E-state index in [0.29, 0.717) is 6.61 Å². The molecule has 2 aliphatic heterocycles. The van der Waals surface area contributed by atoms with Crippen molar-refractivity contribution in [3.8, 4) is 0 Å². The summed E-state index contributed by atoms with van der Waals surface area (Å²) in [6, 6.07) is -0.319. The fourth-order valence-corrected chi connectivity index (χ4v) is 2.04. The molecule has 0 bridgehead atoms. The topological polar surface area (TPSA) is 46.6 Å². The predicted molar refractivity (Wildman–Crippen MR) is 44.8 cm³/mol. The lowest BCUT2D eigenvalue weighted by atomic mass is 9.92. The van der Waals surface area contributed by atoms with Gasteiger partial charge in [-0.2, -0.15) is 0 Å². The van der Waals surface area contributed by atoms with E-state index in [0.717, 1.165) is 6.42 Å². The van der Waals surface area contributed by atoms with Crippen molar-refractivity contribution in [2.75, 3.05) is 6.61 Å². The molecule has 3 atom stereocenters. The van der Waals surface area contributed by atoms with Gasteiger partial charge >= 0.3 is 0 Å². The third-order valence-electron chi connectivity index (χ3n) is 2.86. The Morgan fingerprint density at radius 2 is 2.38 bits per heavy atom. The van der Waals surface area contributed by atoms with Crippen LogP contribution < -0.4 is 0 Å². The normalized spacial score (nSPS) is 37.2. The molecule has 2 fully saturated rings. The molecule has 3 unspecified atom stereocenters. The van der Waals surface area contributed by atoms with E-state index >= 15 is 0 Å². The minimum absolute atomic E-state index is 0.00986. The molecule has 1 amide bonds. The number of carbonyl (C=O) groups excluding carboxylic acids is 2. The zero-order valence-electron chi connectivity index (χ0n) is 7.82. The van der Waals surface area contributed by atoms with Crippen LogP contribution in [0.15, 0.2) is 0 Å². The summed E-state index contributed by atoms with van der Waals surface area (Å²) in [5.74, 6) is 0.0833. The first-order valence-corrected chi connectivity index (χ1v) is 4.61. The Balaban J connectivity index is 2.12. The fraction of sp³-hybridized carbons (Fsp3) is 0.778. The molecule has 0 saturated carbocycles. The molecule has 13 heavy (non-hydrogen) atoms. The minimum Gasteiger partial charge on any atom is -0.355 e. The summed E-state index contributed by atoms with van der Waals surface area (Å²) >= 11 is 0. The second-order valence-electron chi connectivity index (χ2n) is 3.61. The Morgan fingerprint density at radius 1 is 1.69 bits per heavy atom. The van der Waals surface area contributed by atoms with Crippen molar-refractivity contribution in [2.45, 2.75) is 32.5 Å². The van der Waals surface area contributed by atoms with Crippen LogP contribution in [-0.2, 0) is 14.3 Å². The number of ketones is 1. The maximum absolute atomic E-state index is 11.5. The molecular weight excluding hydrogens is 170 g/mol. The van der Waals surface area contributed by atoms with E-state index in [-0.39, 0.29) is 29.9 Å². The highest BCUT2D eigenvalue weighted by Gasteiger charge is 2.55. The van der Waals surface area contributed by atoms with E-state index in [4.69, 9.17) is 4.74 Å². The predicted octanol–water partition coefficient (Wildman–Crippen LogP) is 0.169. The second kappa shape index (κ2) is 2.80. The number of Topliss-reactive ketones (excluding diaryl/α,β-unsaturated/α-hetero) is 1. The van der Waals surface area contributed by atoms with Gasteiger partial charge in [0.05, 0.1) is 12.5 Å². The number of hydrogen-bond donors (Lipinski definition) is 0. The number of rotatable bonds is 2. The van der Waals surface area contributed by atoms with Crippen LogP contribution >= 0.6 is 0 Å². The van der Waals surface area contributed by atoms with Crippen molar-refractivity contribution in [1.82, 2.24) is 4.90 Å². The van der Waals surface area contributed by atoms with E-state index in [9.17, 15) is 9.59 Å². The first-order valence-electron chi connectivity index (χ1n) is 4.61. The van der Waals surface area contributed by atoms with Crippen LogP contribution in [0.25, 0.3) is 0 Å². The highest BCUT2D eigenvalue weighted by molar-refractivity contribution is 5.93. The molecule has 0 radical (unpaired) electrons. The highest BCUT2D eigenvalue weighted by Crippen LogP contribution is 2.36. The Kier molecular flexibility index (Phi) is 1.87. The SMILES string of the molecule is CCC1C(=O)N2C(C(C)=O)COC12. The summed E-state index contributed by atoms with van der Waals surface area (Å²) in [5.41, 5.74) is 0. The molecule has 0 N–H and O–H groups in total. The Bertz CT molecular complexity index is 264. The molecule has 4 heteroatoms. The Hall–Kier alpha value is -0.900. The van der Waals surface area contributed by atoms with Crippen molar-refractivity contribution in [3.63, 3.8) is 0 Å². The van der Waals surface area contributed by atoms with E-state index in [2.05, 4.69) is 0 Å². The molecule has 2 heterocycles. The van der Waals surface area contributed by atoms with Gasteiger partial charge in [0.1, 0.15) is 12.3 Å². The van der Waals surface area contributed by atoms with Crippen LogP contribution in [0, 0.1) is 5.92 Å².